The molecule has 0 aliphatic heterocycles. The highest BCUT2D eigenvalue weighted by Gasteiger charge is 1.95. The Morgan fingerprint density at radius 3 is 2.75 bits per heavy atom. The number of hydrogen-bond donors (Lipinski definition) is 2. The number of benzene rings is 1. The fourth-order valence-electron chi connectivity index (χ4n) is 1.29. The summed E-state index contributed by atoms with van der Waals surface area (Å²) < 4.78 is 0. The molecule has 0 saturated heterocycles. The van der Waals surface area contributed by atoms with Gasteiger partial charge in [0.25, 0.3) is 0 Å². The third-order valence-electron chi connectivity index (χ3n) is 2.03. The molecule has 1 amide bonds. The molecule has 1 aromatic carbocycles. The van der Waals surface area contributed by atoms with Crippen molar-refractivity contribution in [1.82, 2.24) is 10.6 Å². The van der Waals surface area contributed by atoms with Crippen LogP contribution in [0.2, 0.25) is 0 Å². The van der Waals surface area contributed by atoms with E-state index in [0.717, 1.165) is 0 Å². The number of carbonyl (C=O) groups is 1. The molecule has 3 nitrogen and oxygen atoms in total. The topological polar surface area (TPSA) is 41.1 Å². The lowest BCUT2D eigenvalue weighted by Gasteiger charge is -2.01. The van der Waals surface area contributed by atoms with E-state index in [0.29, 0.717) is 19.6 Å². The average Bonchev–Trinajstić information content (AvgIpc) is 2.30. The Kier molecular flexibility index (Phi) is 5.96. The fraction of sp³-hybridized carbons (Fsp3) is 0.308. The zero-order valence-corrected chi connectivity index (χ0v) is 9.57. The van der Waals surface area contributed by atoms with E-state index in [-0.39, 0.29) is 5.91 Å². The van der Waals surface area contributed by atoms with Crippen molar-refractivity contribution in [3.8, 4) is 0 Å². The van der Waals surface area contributed by atoms with Crippen LogP contribution in [0, 0.1) is 0 Å². The maximum absolute atomic E-state index is 11.1. The summed E-state index contributed by atoms with van der Waals surface area (Å²) in [5.74, 6) is 0.0376. The molecule has 0 aromatic heterocycles. The predicted octanol–water partition coefficient (Wildman–Crippen LogP) is 1.43. The van der Waals surface area contributed by atoms with Crippen LogP contribution in [0.1, 0.15) is 12.5 Å². The van der Waals surface area contributed by atoms with E-state index in [1.807, 2.05) is 49.4 Å². The van der Waals surface area contributed by atoms with Gasteiger partial charge in [0, 0.05) is 13.1 Å². The van der Waals surface area contributed by atoms with Crippen LogP contribution >= 0.6 is 0 Å². The highest BCUT2D eigenvalue weighted by molar-refractivity contribution is 5.77. The summed E-state index contributed by atoms with van der Waals surface area (Å²) in [5, 5.41) is 5.77. The highest BCUT2D eigenvalue weighted by atomic mass is 16.1. The summed E-state index contributed by atoms with van der Waals surface area (Å²) in [6, 6.07) is 10.1. The van der Waals surface area contributed by atoms with Crippen molar-refractivity contribution >= 4 is 12.0 Å². The monoisotopic (exact) mass is 218 g/mol. The molecule has 2 N–H and O–H groups in total. The normalized spacial score (nSPS) is 10.6. The SMILES string of the molecule is CCNC(=O)CNCC=Cc1ccccc1. The molecule has 1 rings (SSSR count). The van der Waals surface area contributed by atoms with Crippen molar-refractivity contribution in [2.45, 2.75) is 6.92 Å². The Morgan fingerprint density at radius 1 is 1.31 bits per heavy atom. The molecule has 0 unspecified atom stereocenters. The quantitative estimate of drug-likeness (QED) is 0.709. The number of carbonyl (C=O) groups excluding carboxylic acids is 1. The first-order valence-corrected chi connectivity index (χ1v) is 5.52. The van der Waals surface area contributed by atoms with E-state index in [2.05, 4.69) is 10.6 Å². The Bertz CT molecular complexity index is 333. The first-order chi connectivity index (χ1) is 7.83. The molecule has 86 valence electrons. The van der Waals surface area contributed by atoms with Gasteiger partial charge in [-0.15, -0.1) is 0 Å². The van der Waals surface area contributed by atoms with Crippen molar-refractivity contribution in [3.05, 3.63) is 42.0 Å². The Balaban J connectivity index is 2.16. The first kappa shape index (κ1) is 12.5. The van der Waals surface area contributed by atoms with Crippen molar-refractivity contribution < 1.29 is 4.79 Å². The summed E-state index contributed by atoms with van der Waals surface area (Å²) >= 11 is 0. The fourth-order valence-corrected chi connectivity index (χ4v) is 1.29. The average molecular weight is 218 g/mol. The van der Waals surface area contributed by atoms with Crippen LogP contribution in [0.5, 0.6) is 0 Å². The number of likely N-dealkylation sites (N-methyl/N-ethyl adjacent to an activating group) is 1. The molecule has 0 bridgehead atoms. The van der Waals surface area contributed by atoms with Gasteiger partial charge in [0.2, 0.25) is 5.91 Å². The van der Waals surface area contributed by atoms with E-state index in [1.165, 1.54) is 5.56 Å². The van der Waals surface area contributed by atoms with Crippen molar-refractivity contribution in [2.75, 3.05) is 19.6 Å². The zero-order valence-electron chi connectivity index (χ0n) is 9.57. The van der Waals surface area contributed by atoms with E-state index in [1.54, 1.807) is 0 Å². The van der Waals surface area contributed by atoms with Crippen molar-refractivity contribution in [2.24, 2.45) is 0 Å². The molecule has 0 heterocycles. The minimum absolute atomic E-state index is 0.0376. The highest BCUT2D eigenvalue weighted by Crippen LogP contribution is 1.99. The van der Waals surface area contributed by atoms with E-state index in [4.69, 9.17) is 0 Å². The second-order valence-electron chi connectivity index (χ2n) is 3.40. The molecule has 0 aliphatic carbocycles. The number of amides is 1. The van der Waals surface area contributed by atoms with Gasteiger partial charge in [0.05, 0.1) is 6.54 Å². The summed E-state index contributed by atoms with van der Waals surface area (Å²) in [6.45, 7) is 3.66. The Hall–Kier alpha value is -1.61. The van der Waals surface area contributed by atoms with E-state index in [9.17, 15) is 4.79 Å². The maximum Gasteiger partial charge on any atom is 0.233 e. The van der Waals surface area contributed by atoms with Gasteiger partial charge in [-0.25, -0.2) is 0 Å². The molecular weight excluding hydrogens is 200 g/mol. The molecule has 3 heteroatoms. The summed E-state index contributed by atoms with van der Waals surface area (Å²) in [6.07, 6.45) is 4.04. The van der Waals surface area contributed by atoms with Crippen LogP contribution < -0.4 is 10.6 Å². The lowest BCUT2D eigenvalue weighted by Crippen LogP contribution is -2.33. The number of nitrogens with one attached hydrogen (secondary N) is 2. The second kappa shape index (κ2) is 7.65. The number of hydrogen-bond acceptors (Lipinski definition) is 2. The standard InChI is InChI=1S/C13H18N2O/c1-2-15-13(16)11-14-10-6-9-12-7-4-3-5-8-12/h3-9,14H,2,10-11H2,1H3,(H,15,16). The van der Waals surface area contributed by atoms with Gasteiger partial charge in [-0.3, -0.25) is 4.79 Å². The van der Waals surface area contributed by atoms with Crippen LogP contribution in [-0.4, -0.2) is 25.5 Å². The Morgan fingerprint density at radius 2 is 2.06 bits per heavy atom. The van der Waals surface area contributed by atoms with Gasteiger partial charge in [0.15, 0.2) is 0 Å². The maximum atomic E-state index is 11.1. The molecular formula is C13H18N2O. The molecule has 1 aromatic rings. The van der Waals surface area contributed by atoms with Crippen LogP contribution in [0.25, 0.3) is 6.08 Å². The van der Waals surface area contributed by atoms with Gasteiger partial charge in [0.1, 0.15) is 0 Å². The van der Waals surface area contributed by atoms with Crippen LogP contribution in [0.3, 0.4) is 0 Å². The summed E-state index contributed by atoms with van der Waals surface area (Å²) in [4.78, 5) is 11.1. The number of rotatable bonds is 6. The molecule has 0 atom stereocenters. The lowest BCUT2D eigenvalue weighted by atomic mass is 10.2. The van der Waals surface area contributed by atoms with Crippen LogP contribution in [0.15, 0.2) is 36.4 Å². The molecule has 0 spiro atoms. The largest absolute Gasteiger partial charge is 0.355 e. The second-order valence-corrected chi connectivity index (χ2v) is 3.40. The molecule has 0 aliphatic rings. The first-order valence-electron chi connectivity index (χ1n) is 5.52. The summed E-state index contributed by atoms with van der Waals surface area (Å²) in [7, 11) is 0. The van der Waals surface area contributed by atoms with Crippen LogP contribution in [0.4, 0.5) is 0 Å². The Labute approximate surface area is 96.6 Å². The molecule has 0 radical (unpaired) electrons. The van der Waals surface area contributed by atoms with Gasteiger partial charge in [-0.1, -0.05) is 42.5 Å². The van der Waals surface area contributed by atoms with Crippen molar-refractivity contribution in [1.29, 1.82) is 0 Å². The van der Waals surface area contributed by atoms with Crippen LogP contribution in [-0.2, 0) is 4.79 Å². The van der Waals surface area contributed by atoms with E-state index < -0.39 is 0 Å². The minimum atomic E-state index is 0.0376. The van der Waals surface area contributed by atoms with Gasteiger partial charge in [-0.05, 0) is 12.5 Å². The minimum Gasteiger partial charge on any atom is -0.355 e. The van der Waals surface area contributed by atoms with Crippen molar-refractivity contribution in [3.63, 3.8) is 0 Å². The molecule has 0 fully saturated rings. The zero-order chi connectivity index (χ0) is 11.6. The predicted molar refractivity (Wildman–Crippen MR) is 67.0 cm³/mol. The third kappa shape index (κ3) is 5.32. The van der Waals surface area contributed by atoms with Gasteiger partial charge in [-0.2, -0.15) is 0 Å². The third-order valence-corrected chi connectivity index (χ3v) is 2.03. The van der Waals surface area contributed by atoms with Gasteiger partial charge >= 0.3 is 0 Å². The molecule has 16 heavy (non-hydrogen) atoms. The van der Waals surface area contributed by atoms with E-state index >= 15 is 0 Å². The summed E-state index contributed by atoms with van der Waals surface area (Å²) in [5.41, 5.74) is 1.17. The molecule has 0 saturated carbocycles. The van der Waals surface area contributed by atoms with Gasteiger partial charge < -0.3 is 10.6 Å². The lowest BCUT2D eigenvalue weighted by molar-refractivity contribution is -0.120. The smallest absolute Gasteiger partial charge is 0.233 e.